The van der Waals surface area contributed by atoms with Crippen molar-refractivity contribution >= 4 is 5.97 Å². The van der Waals surface area contributed by atoms with E-state index in [4.69, 9.17) is 5.11 Å². The largest absolute Gasteiger partial charge is 0.481 e. The van der Waals surface area contributed by atoms with Crippen LogP contribution in [-0.4, -0.2) is 65.8 Å². The predicted molar refractivity (Wildman–Crippen MR) is 58.2 cm³/mol. The second kappa shape index (κ2) is 5.05. The Balaban J connectivity index is 1.94. The highest BCUT2D eigenvalue weighted by molar-refractivity contribution is 5.71. The van der Waals surface area contributed by atoms with E-state index in [0.29, 0.717) is 19.1 Å². The molecule has 18 heavy (non-hydrogen) atoms. The first-order valence-electron chi connectivity index (χ1n) is 6.14. The highest BCUT2D eigenvalue weighted by Crippen LogP contribution is 2.29. The van der Waals surface area contributed by atoms with Gasteiger partial charge in [-0.15, -0.1) is 0 Å². The monoisotopic (exact) mass is 266 g/mol. The fourth-order valence-electron chi connectivity index (χ4n) is 2.80. The van der Waals surface area contributed by atoms with E-state index in [1.807, 2.05) is 0 Å². The summed E-state index contributed by atoms with van der Waals surface area (Å²) in [5, 5.41) is 8.67. The van der Waals surface area contributed by atoms with Crippen molar-refractivity contribution in [3.8, 4) is 0 Å². The zero-order valence-corrected chi connectivity index (χ0v) is 9.99. The van der Waals surface area contributed by atoms with Crippen LogP contribution in [0.25, 0.3) is 0 Å². The molecule has 4 nitrogen and oxygen atoms in total. The van der Waals surface area contributed by atoms with Crippen molar-refractivity contribution < 1.29 is 23.1 Å². The maximum Gasteiger partial charge on any atom is 0.403 e. The first-order chi connectivity index (χ1) is 8.38. The number of hydrogen-bond donors (Lipinski definition) is 1. The van der Waals surface area contributed by atoms with Crippen molar-refractivity contribution in [3.05, 3.63) is 0 Å². The minimum absolute atomic E-state index is 0.307. The normalized spacial score (nSPS) is 28.1. The van der Waals surface area contributed by atoms with Crippen molar-refractivity contribution in [2.75, 3.05) is 32.7 Å². The number of nitrogens with zero attached hydrogens (tertiary/aromatic N) is 2. The zero-order valence-electron chi connectivity index (χ0n) is 9.99. The van der Waals surface area contributed by atoms with Gasteiger partial charge in [0.05, 0.1) is 0 Å². The van der Waals surface area contributed by atoms with Crippen LogP contribution < -0.4 is 0 Å². The lowest BCUT2D eigenvalue weighted by Gasteiger charge is -2.38. The quantitative estimate of drug-likeness (QED) is 0.828. The van der Waals surface area contributed by atoms with Gasteiger partial charge in [-0.05, 0) is 19.4 Å². The van der Waals surface area contributed by atoms with Crippen LogP contribution in [0.2, 0.25) is 0 Å². The van der Waals surface area contributed by atoms with Crippen LogP contribution in [0.1, 0.15) is 12.8 Å². The smallest absolute Gasteiger partial charge is 0.403 e. The van der Waals surface area contributed by atoms with Gasteiger partial charge in [-0.2, -0.15) is 13.2 Å². The molecule has 0 saturated carbocycles. The maximum absolute atomic E-state index is 12.6. The Kier molecular flexibility index (Phi) is 3.82. The summed E-state index contributed by atoms with van der Waals surface area (Å²) >= 11 is 0. The molecule has 2 aliphatic heterocycles. The van der Waals surface area contributed by atoms with Crippen LogP contribution in [-0.2, 0) is 4.79 Å². The molecule has 2 saturated heterocycles. The van der Waals surface area contributed by atoms with Crippen molar-refractivity contribution in [1.82, 2.24) is 9.80 Å². The Hall–Kier alpha value is -0.820. The number of hydrogen-bond acceptors (Lipinski definition) is 3. The summed E-state index contributed by atoms with van der Waals surface area (Å²) in [5.74, 6) is -4.05. The van der Waals surface area contributed by atoms with Crippen LogP contribution >= 0.6 is 0 Å². The average Bonchev–Trinajstić information content (AvgIpc) is 2.70. The molecule has 0 aromatic rings. The molecule has 2 rings (SSSR count). The lowest BCUT2D eigenvalue weighted by molar-refractivity contribution is -0.197. The van der Waals surface area contributed by atoms with Gasteiger partial charge < -0.3 is 5.11 Å². The summed E-state index contributed by atoms with van der Waals surface area (Å²) in [7, 11) is 0. The molecule has 2 aliphatic rings. The second-order valence-electron chi connectivity index (χ2n) is 5.02. The van der Waals surface area contributed by atoms with E-state index in [-0.39, 0.29) is 0 Å². The van der Waals surface area contributed by atoms with E-state index in [2.05, 4.69) is 4.90 Å². The third-order valence-electron chi connectivity index (χ3n) is 3.81. The topological polar surface area (TPSA) is 43.8 Å². The van der Waals surface area contributed by atoms with Crippen molar-refractivity contribution in [3.63, 3.8) is 0 Å². The Morgan fingerprint density at radius 3 is 2.67 bits per heavy atom. The molecular formula is C11H17F3N2O2. The highest BCUT2D eigenvalue weighted by atomic mass is 19.4. The van der Waals surface area contributed by atoms with Gasteiger partial charge in [0.25, 0.3) is 0 Å². The summed E-state index contributed by atoms with van der Waals surface area (Å²) in [6.45, 7) is 2.41. The third kappa shape index (κ3) is 2.95. The Morgan fingerprint density at radius 2 is 2.06 bits per heavy atom. The number of alkyl halides is 3. The Morgan fingerprint density at radius 1 is 1.33 bits per heavy atom. The van der Waals surface area contributed by atoms with Crippen LogP contribution in [0.15, 0.2) is 0 Å². The standard InChI is InChI=1S/C11H17F3N2O2/c12-11(13,14)9(10(17)18)7-15-4-5-16-3-1-2-8(16)6-15/h8-9H,1-7H2,(H,17,18). The van der Waals surface area contributed by atoms with Gasteiger partial charge in [-0.1, -0.05) is 0 Å². The van der Waals surface area contributed by atoms with E-state index in [1.165, 1.54) is 0 Å². The summed E-state index contributed by atoms with van der Waals surface area (Å²) < 4.78 is 37.7. The lowest BCUT2D eigenvalue weighted by Crippen LogP contribution is -2.53. The molecule has 0 bridgehead atoms. The van der Waals surface area contributed by atoms with E-state index >= 15 is 0 Å². The number of carbonyl (C=O) groups is 1. The van der Waals surface area contributed by atoms with Crippen LogP contribution in [0, 0.1) is 5.92 Å². The summed E-state index contributed by atoms with van der Waals surface area (Å²) in [6, 6.07) is 0.307. The predicted octanol–water partition coefficient (Wildman–Crippen LogP) is 1.03. The van der Waals surface area contributed by atoms with Gasteiger partial charge in [-0.3, -0.25) is 14.6 Å². The van der Waals surface area contributed by atoms with Gasteiger partial charge in [0.15, 0.2) is 5.92 Å². The molecule has 2 atom stereocenters. The number of rotatable bonds is 3. The molecule has 0 spiro atoms. The second-order valence-corrected chi connectivity index (χ2v) is 5.02. The van der Waals surface area contributed by atoms with Crippen LogP contribution in [0.5, 0.6) is 0 Å². The van der Waals surface area contributed by atoms with Crippen LogP contribution in [0.4, 0.5) is 13.2 Å². The molecule has 0 aromatic carbocycles. The molecule has 104 valence electrons. The number of aliphatic carboxylic acids is 1. The number of fused-ring (bicyclic) bond motifs is 1. The fraction of sp³-hybridized carbons (Fsp3) is 0.909. The molecule has 0 amide bonds. The van der Waals surface area contributed by atoms with Crippen molar-refractivity contribution in [2.24, 2.45) is 5.92 Å². The van der Waals surface area contributed by atoms with Gasteiger partial charge in [0.1, 0.15) is 0 Å². The van der Waals surface area contributed by atoms with E-state index in [0.717, 1.165) is 25.9 Å². The summed E-state index contributed by atoms with van der Waals surface area (Å²) in [4.78, 5) is 14.6. The Labute approximate surface area is 103 Å². The molecular weight excluding hydrogens is 249 g/mol. The molecule has 0 aromatic heterocycles. The third-order valence-corrected chi connectivity index (χ3v) is 3.81. The summed E-state index contributed by atoms with van der Waals surface area (Å²) in [6.07, 6.45) is -2.58. The minimum Gasteiger partial charge on any atom is -0.481 e. The molecule has 2 unspecified atom stereocenters. The average molecular weight is 266 g/mol. The fourth-order valence-corrected chi connectivity index (χ4v) is 2.80. The highest BCUT2D eigenvalue weighted by Gasteiger charge is 2.46. The van der Waals surface area contributed by atoms with Crippen molar-refractivity contribution in [2.45, 2.75) is 25.1 Å². The molecule has 0 radical (unpaired) electrons. The molecule has 1 N–H and O–H groups in total. The first-order valence-corrected chi connectivity index (χ1v) is 6.14. The first kappa shape index (κ1) is 13.6. The van der Waals surface area contributed by atoms with Gasteiger partial charge in [-0.25, -0.2) is 0 Å². The maximum atomic E-state index is 12.6. The van der Waals surface area contributed by atoms with Crippen LogP contribution in [0.3, 0.4) is 0 Å². The molecule has 7 heteroatoms. The van der Waals surface area contributed by atoms with Crippen molar-refractivity contribution in [1.29, 1.82) is 0 Å². The minimum atomic E-state index is -4.67. The lowest BCUT2D eigenvalue weighted by atomic mass is 10.1. The van der Waals surface area contributed by atoms with E-state index in [9.17, 15) is 18.0 Å². The number of piperazine rings is 1. The molecule has 2 heterocycles. The number of carboxylic acid groups (broad SMARTS) is 1. The number of halogens is 3. The van der Waals surface area contributed by atoms with Gasteiger partial charge in [0.2, 0.25) is 0 Å². The Bertz CT molecular complexity index is 322. The molecule has 0 aliphatic carbocycles. The SMILES string of the molecule is O=C(O)C(CN1CCN2CCCC2C1)C(F)(F)F. The van der Waals surface area contributed by atoms with E-state index < -0.39 is 24.6 Å². The zero-order chi connectivity index (χ0) is 13.3. The van der Waals surface area contributed by atoms with Gasteiger partial charge in [0, 0.05) is 32.2 Å². The van der Waals surface area contributed by atoms with Gasteiger partial charge >= 0.3 is 12.1 Å². The molecule has 2 fully saturated rings. The van der Waals surface area contributed by atoms with E-state index in [1.54, 1.807) is 4.90 Å². The number of carboxylic acids is 1. The summed E-state index contributed by atoms with van der Waals surface area (Å²) in [5.41, 5.74) is 0.